The van der Waals surface area contributed by atoms with Crippen LogP contribution in [0.5, 0.6) is 5.75 Å². The molecule has 5 aromatic rings. The SMILES string of the molecule is Cc1nc2c(-c3cccnc3)c(C(F)(F)F)[nH]n2c(=O)c1-c1nc2c(O)cccc2o1. The molecule has 0 radical (unpaired) electrons. The quantitative estimate of drug-likeness (QED) is 0.442. The van der Waals surface area contributed by atoms with Gasteiger partial charge in [0.25, 0.3) is 5.56 Å². The van der Waals surface area contributed by atoms with Crippen LogP contribution in [-0.2, 0) is 6.18 Å². The van der Waals surface area contributed by atoms with Crippen molar-refractivity contribution in [1.29, 1.82) is 0 Å². The predicted octanol–water partition coefficient (Wildman–Crippen LogP) is 3.93. The van der Waals surface area contributed by atoms with Gasteiger partial charge in [-0.2, -0.15) is 17.7 Å². The monoisotopic (exact) mass is 427 g/mol. The van der Waals surface area contributed by atoms with Gasteiger partial charge in [0, 0.05) is 18.0 Å². The number of rotatable bonds is 2. The van der Waals surface area contributed by atoms with Crippen molar-refractivity contribution < 1.29 is 22.7 Å². The molecule has 11 heteroatoms. The van der Waals surface area contributed by atoms with E-state index >= 15 is 0 Å². The maximum atomic E-state index is 13.8. The van der Waals surface area contributed by atoms with E-state index in [4.69, 9.17) is 4.42 Å². The van der Waals surface area contributed by atoms with E-state index in [-0.39, 0.29) is 50.8 Å². The minimum absolute atomic E-state index is 0.119. The fourth-order valence-corrected chi connectivity index (χ4v) is 3.45. The molecule has 1 aromatic carbocycles. The third-order valence-electron chi connectivity index (χ3n) is 4.81. The summed E-state index contributed by atoms with van der Waals surface area (Å²) in [6, 6.07) is 7.42. The van der Waals surface area contributed by atoms with Crippen LogP contribution in [0.1, 0.15) is 11.4 Å². The number of hydrogen-bond donors (Lipinski definition) is 2. The van der Waals surface area contributed by atoms with Crippen molar-refractivity contribution in [1.82, 2.24) is 24.6 Å². The summed E-state index contributed by atoms with van der Waals surface area (Å²) in [5.41, 5.74) is -1.95. The third kappa shape index (κ3) is 2.85. The summed E-state index contributed by atoms with van der Waals surface area (Å²) in [6.07, 6.45) is -2.09. The summed E-state index contributed by atoms with van der Waals surface area (Å²) in [7, 11) is 0. The minimum atomic E-state index is -4.78. The average Bonchev–Trinajstić information content (AvgIpc) is 3.31. The number of nitrogens with zero attached hydrogens (tertiary/aromatic N) is 4. The number of pyridine rings is 1. The first-order valence-corrected chi connectivity index (χ1v) is 8.97. The Hall–Kier alpha value is -4.15. The van der Waals surface area contributed by atoms with Crippen LogP contribution in [0.2, 0.25) is 0 Å². The molecular weight excluding hydrogens is 415 g/mol. The summed E-state index contributed by atoms with van der Waals surface area (Å²) < 4.78 is 47.6. The molecule has 31 heavy (non-hydrogen) atoms. The Labute approximate surface area is 170 Å². The van der Waals surface area contributed by atoms with E-state index in [1.165, 1.54) is 43.6 Å². The van der Waals surface area contributed by atoms with Crippen LogP contribution < -0.4 is 5.56 Å². The van der Waals surface area contributed by atoms with Gasteiger partial charge in [0.05, 0.1) is 11.3 Å². The Kier molecular flexibility index (Phi) is 3.91. The van der Waals surface area contributed by atoms with Gasteiger partial charge in [-0.1, -0.05) is 12.1 Å². The van der Waals surface area contributed by atoms with E-state index in [2.05, 4.69) is 20.1 Å². The molecule has 0 aliphatic carbocycles. The molecule has 0 fully saturated rings. The van der Waals surface area contributed by atoms with Crippen LogP contribution in [-0.4, -0.2) is 29.7 Å². The number of aromatic hydroxyl groups is 1. The molecule has 8 nitrogen and oxygen atoms in total. The number of phenols is 1. The van der Waals surface area contributed by atoms with Gasteiger partial charge >= 0.3 is 6.18 Å². The van der Waals surface area contributed by atoms with Gasteiger partial charge in [-0.15, -0.1) is 0 Å². The number of aromatic amines is 1. The zero-order chi connectivity index (χ0) is 21.9. The minimum Gasteiger partial charge on any atom is -0.506 e. The predicted molar refractivity (Wildman–Crippen MR) is 103 cm³/mol. The lowest BCUT2D eigenvalue weighted by Crippen LogP contribution is -2.19. The smallest absolute Gasteiger partial charge is 0.433 e. The van der Waals surface area contributed by atoms with Crippen LogP contribution >= 0.6 is 0 Å². The number of phenolic OH excluding ortho intramolecular Hbond substituents is 1. The second-order valence-corrected chi connectivity index (χ2v) is 6.78. The lowest BCUT2D eigenvalue weighted by Gasteiger charge is -2.06. The number of benzene rings is 1. The van der Waals surface area contributed by atoms with Gasteiger partial charge in [0.1, 0.15) is 17.0 Å². The molecule has 0 spiro atoms. The van der Waals surface area contributed by atoms with Gasteiger partial charge < -0.3 is 9.52 Å². The molecule has 5 rings (SSSR count). The summed E-state index contributed by atoms with van der Waals surface area (Å²) in [6.45, 7) is 1.47. The number of hydrogen-bond acceptors (Lipinski definition) is 6. The molecular formula is C20H12F3N5O3. The second kappa shape index (κ2) is 6.42. The molecule has 0 amide bonds. The van der Waals surface area contributed by atoms with E-state index in [1.807, 2.05) is 0 Å². The number of aryl methyl sites for hydroxylation is 1. The first-order chi connectivity index (χ1) is 14.8. The molecule has 4 heterocycles. The molecule has 0 unspecified atom stereocenters. The van der Waals surface area contributed by atoms with E-state index in [1.54, 1.807) is 6.07 Å². The summed E-state index contributed by atoms with van der Waals surface area (Å²) in [5.74, 6) is -0.315. The Morgan fingerprint density at radius 1 is 1.13 bits per heavy atom. The average molecular weight is 427 g/mol. The largest absolute Gasteiger partial charge is 0.506 e. The standard InChI is InChI=1S/C20H12F3N5O3/c1-9-13(18-26-15-11(29)5-2-6-12(15)31-18)19(30)28-17(25-9)14(10-4-3-7-24-8-10)16(27-28)20(21,22)23/h2-8,27,29H,1H3. The second-order valence-electron chi connectivity index (χ2n) is 6.78. The van der Waals surface area contributed by atoms with Crippen molar-refractivity contribution in [2.24, 2.45) is 0 Å². The first kappa shape index (κ1) is 18.9. The van der Waals surface area contributed by atoms with Gasteiger partial charge in [-0.3, -0.25) is 14.9 Å². The fraction of sp³-hybridized carbons (Fsp3) is 0.100. The van der Waals surface area contributed by atoms with Crippen LogP contribution in [0, 0.1) is 6.92 Å². The first-order valence-electron chi connectivity index (χ1n) is 8.97. The van der Waals surface area contributed by atoms with Gasteiger partial charge in [0.15, 0.2) is 16.7 Å². The van der Waals surface area contributed by atoms with E-state index in [9.17, 15) is 23.1 Å². The highest BCUT2D eigenvalue weighted by molar-refractivity contribution is 5.83. The number of oxazole rings is 1. The number of aromatic nitrogens is 5. The maximum absolute atomic E-state index is 13.8. The van der Waals surface area contributed by atoms with Crippen molar-refractivity contribution in [3.63, 3.8) is 0 Å². The van der Waals surface area contributed by atoms with Gasteiger partial charge in [-0.05, 0) is 25.1 Å². The number of H-pyrrole nitrogens is 1. The number of halogens is 3. The number of alkyl halides is 3. The van der Waals surface area contributed by atoms with E-state index in [0.717, 1.165) is 0 Å². The highest BCUT2D eigenvalue weighted by Crippen LogP contribution is 2.38. The van der Waals surface area contributed by atoms with Crippen LogP contribution in [0.3, 0.4) is 0 Å². The number of fused-ring (bicyclic) bond motifs is 2. The highest BCUT2D eigenvalue weighted by Gasteiger charge is 2.38. The fourth-order valence-electron chi connectivity index (χ4n) is 3.45. The third-order valence-corrected chi connectivity index (χ3v) is 4.81. The summed E-state index contributed by atoms with van der Waals surface area (Å²) >= 11 is 0. The zero-order valence-electron chi connectivity index (χ0n) is 15.7. The zero-order valence-corrected chi connectivity index (χ0v) is 15.7. The number of para-hydroxylation sites is 1. The van der Waals surface area contributed by atoms with Crippen LogP contribution in [0.15, 0.2) is 51.9 Å². The Balaban J connectivity index is 1.84. The lowest BCUT2D eigenvalue weighted by molar-refractivity contribution is -0.140. The Morgan fingerprint density at radius 3 is 2.61 bits per heavy atom. The highest BCUT2D eigenvalue weighted by atomic mass is 19.4. The molecule has 0 aliphatic heterocycles. The maximum Gasteiger partial charge on any atom is 0.433 e. The van der Waals surface area contributed by atoms with Crippen molar-refractivity contribution in [2.45, 2.75) is 13.1 Å². The summed E-state index contributed by atoms with van der Waals surface area (Å²) in [4.78, 5) is 25.4. The van der Waals surface area contributed by atoms with Crippen LogP contribution in [0.25, 0.3) is 39.3 Å². The lowest BCUT2D eigenvalue weighted by atomic mass is 10.1. The molecule has 156 valence electrons. The topological polar surface area (TPSA) is 109 Å². The van der Waals surface area contributed by atoms with E-state index in [0.29, 0.717) is 4.52 Å². The van der Waals surface area contributed by atoms with Crippen LogP contribution in [0.4, 0.5) is 13.2 Å². The van der Waals surface area contributed by atoms with Crippen molar-refractivity contribution in [3.8, 4) is 28.3 Å². The van der Waals surface area contributed by atoms with Crippen molar-refractivity contribution in [3.05, 3.63) is 64.5 Å². The van der Waals surface area contributed by atoms with Gasteiger partial charge in [-0.25, -0.2) is 9.97 Å². The molecule has 0 saturated heterocycles. The molecule has 0 bridgehead atoms. The molecule has 2 N–H and O–H groups in total. The number of nitrogens with one attached hydrogen (secondary N) is 1. The normalized spacial score (nSPS) is 12.1. The van der Waals surface area contributed by atoms with Gasteiger partial charge in [0.2, 0.25) is 5.89 Å². The molecule has 0 aliphatic rings. The Morgan fingerprint density at radius 2 is 1.94 bits per heavy atom. The van der Waals surface area contributed by atoms with E-state index < -0.39 is 17.4 Å². The van der Waals surface area contributed by atoms with Crippen molar-refractivity contribution in [2.75, 3.05) is 0 Å². The van der Waals surface area contributed by atoms with Crippen molar-refractivity contribution >= 4 is 16.7 Å². The Bertz CT molecular complexity index is 1520. The molecule has 0 atom stereocenters. The molecule has 0 saturated carbocycles. The molecule has 4 aromatic heterocycles. The summed E-state index contributed by atoms with van der Waals surface area (Å²) in [5, 5.41) is 12.1.